The molecular weight excluding hydrogens is 394 g/mol. The number of benzene rings is 2. The summed E-state index contributed by atoms with van der Waals surface area (Å²) in [5.74, 6) is 1.41. The molecular formula is C24H29N3O4. The van der Waals surface area contributed by atoms with Crippen LogP contribution in [0.3, 0.4) is 0 Å². The molecule has 1 aromatic heterocycles. The van der Waals surface area contributed by atoms with Crippen LogP contribution >= 0.6 is 0 Å². The molecule has 2 aliphatic rings. The van der Waals surface area contributed by atoms with Crippen LogP contribution < -0.4 is 15.2 Å². The minimum absolute atomic E-state index is 0.0453. The van der Waals surface area contributed by atoms with E-state index in [2.05, 4.69) is 9.88 Å². The predicted molar refractivity (Wildman–Crippen MR) is 119 cm³/mol. The van der Waals surface area contributed by atoms with Gasteiger partial charge in [-0.1, -0.05) is 31.2 Å². The number of β-amino-alcohol motifs (C(OH)–C–C–N with tert-alkyl or cyclic N) is 1. The van der Waals surface area contributed by atoms with Crippen molar-refractivity contribution in [2.45, 2.75) is 43.9 Å². The number of hydrogen-bond donors (Lipinski definition) is 2. The first kappa shape index (κ1) is 20.2. The largest absolute Gasteiger partial charge is 0.485 e. The number of hydrogen-bond acceptors (Lipinski definition) is 5. The van der Waals surface area contributed by atoms with E-state index < -0.39 is 11.7 Å². The molecule has 2 atom stereocenters. The molecule has 3 heterocycles. The zero-order valence-corrected chi connectivity index (χ0v) is 17.8. The van der Waals surface area contributed by atoms with Crippen LogP contribution in [-0.2, 0) is 0 Å². The van der Waals surface area contributed by atoms with E-state index in [9.17, 15) is 9.90 Å². The van der Waals surface area contributed by atoms with Crippen molar-refractivity contribution >= 4 is 11.0 Å². The van der Waals surface area contributed by atoms with Gasteiger partial charge in [-0.25, -0.2) is 4.79 Å². The number of aliphatic hydroxyl groups excluding tert-OH is 1. The molecule has 0 saturated carbocycles. The number of aromatic amines is 1. The van der Waals surface area contributed by atoms with Gasteiger partial charge in [0.2, 0.25) is 0 Å². The van der Waals surface area contributed by atoms with Crippen molar-refractivity contribution in [3.63, 3.8) is 0 Å². The third-order valence-electron chi connectivity index (χ3n) is 6.82. The van der Waals surface area contributed by atoms with E-state index in [1.165, 1.54) is 0 Å². The Balaban J connectivity index is 1.25. The van der Waals surface area contributed by atoms with Crippen molar-refractivity contribution < 1.29 is 14.6 Å². The van der Waals surface area contributed by atoms with Gasteiger partial charge in [-0.15, -0.1) is 0 Å². The molecule has 7 heteroatoms. The quantitative estimate of drug-likeness (QED) is 0.660. The number of fused-ring (bicyclic) bond motifs is 2. The lowest BCUT2D eigenvalue weighted by Crippen LogP contribution is -2.58. The maximum atomic E-state index is 12.5. The van der Waals surface area contributed by atoms with Gasteiger partial charge in [-0.05, 0) is 43.5 Å². The maximum Gasteiger partial charge on any atom is 0.326 e. The second kappa shape index (κ2) is 8.05. The summed E-state index contributed by atoms with van der Waals surface area (Å²) in [5, 5.41) is 11.1. The highest BCUT2D eigenvalue weighted by molar-refractivity contribution is 5.75. The molecule has 2 unspecified atom stereocenters. The fourth-order valence-corrected chi connectivity index (χ4v) is 4.88. The Hall–Kier alpha value is -2.77. The first-order chi connectivity index (χ1) is 15.1. The first-order valence-electron chi connectivity index (χ1n) is 11.1. The lowest BCUT2D eigenvalue weighted by Gasteiger charge is -2.43. The monoisotopic (exact) mass is 423 g/mol. The third kappa shape index (κ3) is 3.62. The summed E-state index contributed by atoms with van der Waals surface area (Å²) < 4.78 is 14.1. The van der Waals surface area contributed by atoms with Crippen molar-refractivity contribution in [1.82, 2.24) is 14.5 Å². The highest BCUT2D eigenvalue weighted by Gasteiger charge is 2.44. The normalized spacial score (nSPS) is 23.2. The summed E-state index contributed by atoms with van der Waals surface area (Å²) in [5.41, 5.74) is 1.04. The summed E-state index contributed by atoms with van der Waals surface area (Å²) in [7, 11) is 0. The molecule has 1 saturated heterocycles. The average molecular weight is 424 g/mol. The topological polar surface area (TPSA) is 79.7 Å². The highest BCUT2D eigenvalue weighted by atomic mass is 16.6. The second-order valence-corrected chi connectivity index (χ2v) is 8.62. The zero-order chi connectivity index (χ0) is 21.4. The molecule has 5 rings (SSSR count). The molecule has 1 fully saturated rings. The van der Waals surface area contributed by atoms with Gasteiger partial charge < -0.3 is 24.5 Å². The standard InChI is InChI=1S/C24H29N3O4/c1-2-24(16-30-20-9-5-6-10-21(20)31-24)22(28)15-26-13-11-17(12-14-26)27-19-8-4-3-7-18(19)25-23(27)29/h3-10,17,22,28H,2,11-16H2,1H3,(H,25,29). The molecule has 0 bridgehead atoms. The maximum absolute atomic E-state index is 12.5. The third-order valence-corrected chi connectivity index (χ3v) is 6.82. The van der Waals surface area contributed by atoms with E-state index in [1.54, 1.807) is 0 Å². The lowest BCUT2D eigenvalue weighted by molar-refractivity contribution is -0.108. The van der Waals surface area contributed by atoms with Gasteiger partial charge in [0.1, 0.15) is 12.7 Å². The number of nitrogens with zero attached hydrogens (tertiary/aromatic N) is 2. The Labute approximate surface area is 181 Å². The van der Waals surface area contributed by atoms with Crippen molar-refractivity contribution in [3.8, 4) is 11.5 Å². The smallest absolute Gasteiger partial charge is 0.326 e. The van der Waals surface area contributed by atoms with Crippen molar-refractivity contribution in [2.24, 2.45) is 0 Å². The number of aliphatic hydroxyl groups is 1. The Kier molecular flexibility index (Phi) is 5.24. The SMILES string of the molecule is CCC1(C(O)CN2CCC(n3c(=O)[nH]c4ccccc43)CC2)COc2ccccc2O1. The van der Waals surface area contributed by atoms with E-state index in [-0.39, 0.29) is 11.7 Å². The van der Waals surface area contributed by atoms with Crippen LogP contribution in [0.15, 0.2) is 53.3 Å². The number of nitrogens with one attached hydrogen (secondary N) is 1. The first-order valence-corrected chi connectivity index (χ1v) is 11.1. The highest BCUT2D eigenvalue weighted by Crippen LogP contribution is 2.38. The minimum Gasteiger partial charge on any atom is -0.485 e. The molecule has 3 aromatic rings. The number of ether oxygens (including phenoxy) is 2. The van der Waals surface area contributed by atoms with E-state index in [4.69, 9.17) is 9.47 Å². The fourth-order valence-electron chi connectivity index (χ4n) is 4.88. The van der Waals surface area contributed by atoms with Crippen LogP contribution in [-0.4, -0.2) is 57.5 Å². The number of H-pyrrole nitrogens is 1. The van der Waals surface area contributed by atoms with Gasteiger partial charge in [-0.3, -0.25) is 4.57 Å². The van der Waals surface area contributed by atoms with Crippen LogP contribution in [0.25, 0.3) is 11.0 Å². The van der Waals surface area contributed by atoms with E-state index in [0.717, 1.165) is 42.7 Å². The van der Waals surface area contributed by atoms with E-state index in [1.807, 2.05) is 60.0 Å². The summed E-state index contributed by atoms with van der Waals surface area (Å²) in [4.78, 5) is 17.7. The van der Waals surface area contributed by atoms with Crippen LogP contribution in [0, 0.1) is 0 Å². The summed E-state index contributed by atoms with van der Waals surface area (Å²) >= 11 is 0. The van der Waals surface area contributed by atoms with Crippen molar-refractivity contribution in [1.29, 1.82) is 0 Å². The lowest BCUT2D eigenvalue weighted by atomic mass is 9.91. The molecule has 0 amide bonds. The van der Waals surface area contributed by atoms with Gasteiger partial charge >= 0.3 is 5.69 Å². The number of para-hydroxylation sites is 4. The van der Waals surface area contributed by atoms with Gasteiger partial charge in [0.15, 0.2) is 17.1 Å². The van der Waals surface area contributed by atoms with Gasteiger partial charge in [0.05, 0.1) is 11.0 Å². The molecule has 164 valence electrons. The Morgan fingerprint density at radius 2 is 1.84 bits per heavy atom. The molecule has 0 aliphatic carbocycles. The summed E-state index contributed by atoms with van der Waals surface area (Å²) in [6.45, 7) is 4.53. The van der Waals surface area contributed by atoms with Crippen LogP contribution in [0.4, 0.5) is 0 Å². The number of likely N-dealkylation sites (tertiary alicyclic amines) is 1. The summed E-state index contributed by atoms with van der Waals surface area (Å²) in [6, 6.07) is 15.6. The molecule has 31 heavy (non-hydrogen) atoms. The molecule has 2 aromatic carbocycles. The Morgan fingerprint density at radius 3 is 2.61 bits per heavy atom. The van der Waals surface area contributed by atoms with Gasteiger partial charge in [-0.2, -0.15) is 0 Å². The Morgan fingerprint density at radius 1 is 1.13 bits per heavy atom. The average Bonchev–Trinajstić information content (AvgIpc) is 3.15. The number of aromatic nitrogens is 2. The molecule has 0 spiro atoms. The summed E-state index contributed by atoms with van der Waals surface area (Å²) in [6.07, 6.45) is 1.73. The van der Waals surface area contributed by atoms with E-state index >= 15 is 0 Å². The molecule has 2 aliphatic heterocycles. The molecule has 0 radical (unpaired) electrons. The van der Waals surface area contributed by atoms with Gasteiger partial charge in [0, 0.05) is 25.7 Å². The second-order valence-electron chi connectivity index (χ2n) is 8.62. The van der Waals surface area contributed by atoms with Crippen LogP contribution in [0.5, 0.6) is 11.5 Å². The van der Waals surface area contributed by atoms with Gasteiger partial charge in [0.25, 0.3) is 0 Å². The molecule has 7 nitrogen and oxygen atoms in total. The Bertz CT molecular complexity index is 1120. The number of rotatable bonds is 5. The van der Waals surface area contributed by atoms with Crippen LogP contribution in [0.1, 0.15) is 32.2 Å². The van der Waals surface area contributed by atoms with Crippen LogP contribution in [0.2, 0.25) is 0 Å². The number of imidazole rings is 1. The number of piperidine rings is 1. The van der Waals surface area contributed by atoms with Crippen molar-refractivity contribution in [3.05, 3.63) is 59.0 Å². The van der Waals surface area contributed by atoms with E-state index in [0.29, 0.717) is 25.3 Å². The zero-order valence-electron chi connectivity index (χ0n) is 17.8. The molecule has 2 N–H and O–H groups in total. The fraction of sp³-hybridized carbons (Fsp3) is 0.458. The predicted octanol–water partition coefficient (Wildman–Crippen LogP) is 2.95. The minimum atomic E-state index is -0.751. The van der Waals surface area contributed by atoms with Crippen molar-refractivity contribution in [2.75, 3.05) is 26.2 Å².